The summed E-state index contributed by atoms with van der Waals surface area (Å²) in [5, 5.41) is 0. The van der Waals surface area contributed by atoms with Crippen LogP contribution >= 0.6 is 0 Å². The number of carbonyl (C=O) groups is 1. The number of sulfonamides is 1. The molecule has 2 aromatic rings. The van der Waals surface area contributed by atoms with Gasteiger partial charge < -0.3 is 0 Å². The lowest BCUT2D eigenvalue weighted by molar-refractivity contribution is -0.114. The minimum atomic E-state index is -3.90. The van der Waals surface area contributed by atoms with E-state index in [4.69, 9.17) is 0 Å². The fraction of sp³-hybridized carbons (Fsp3) is 0.118. The number of amides is 1. The van der Waals surface area contributed by atoms with Gasteiger partial charge in [0.2, 0.25) is 0 Å². The Kier molecular flexibility index (Phi) is 4.47. The molecule has 5 heteroatoms. The quantitative estimate of drug-likeness (QED) is 0.883. The van der Waals surface area contributed by atoms with E-state index in [1.807, 2.05) is 30.7 Å². The Balaban J connectivity index is 2.18. The molecule has 0 atom stereocenters. The summed E-state index contributed by atoms with van der Waals surface area (Å²) < 4.78 is 26.4. The Morgan fingerprint density at radius 1 is 0.909 bits per heavy atom. The van der Waals surface area contributed by atoms with E-state index in [0.29, 0.717) is 5.56 Å². The van der Waals surface area contributed by atoms with Crippen LogP contribution in [0.1, 0.15) is 16.7 Å². The molecule has 0 radical (unpaired) electrons. The van der Waals surface area contributed by atoms with E-state index in [2.05, 4.69) is 6.58 Å². The first-order valence-corrected chi connectivity index (χ1v) is 8.18. The van der Waals surface area contributed by atoms with Gasteiger partial charge in [-0.1, -0.05) is 54.1 Å². The van der Waals surface area contributed by atoms with Gasteiger partial charge in [0.05, 0.1) is 4.90 Å². The van der Waals surface area contributed by atoms with Gasteiger partial charge >= 0.3 is 0 Å². The molecule has 0 aliphatic rings. The first-order valence-electron chi connectivity index (χ1n) is 6.69. The largest absolute Gasteiger partial charge is 0.268 e. The lowest BCUT2D eigenvalue weighted by atomic mass is 10.1. The van der Waals surface area contributed by atoms with Crippen molar-refractivity contribution in [2.45, 2.75) is 18.7 Å². The SMILES string of the molecule is C=C(C(=O)NS(=O)(=O)c1ccc(C)cc1)c1ccc(C)cc1. The van der Waals surface area contributed by atoms with Crippen LogP contribution in [0.15, 0.2) is 60.0 Å². The van der Waals surface area contributed by atoms with Gasteiger partial charge in [0.25, 0.3) is 15.9 Å². The molecule has 0 aliphatic heterocycles. The third-order valence-electron chi connectivity index (χ3n) is 3.23. The van der Waals surface area contributed by atoms with Crippen LogP contribution in [-0.4, -0.2) is 14.3 Å². The van der Waals surface area contributed by atoms with Gasteiger partial charge in [-0.3, -0.25) is 4.79 Å². The predicted octanol–water partition coefficient (Wildman–Crippen LogP) is 2.82. The molecule has 0 aliphatic carbocycles. The van der Waals surface area contributed by atoms with Crippen molar-refractivity contribution in [3.05, 3.63) is 71.8 Å². The third kappa shape index (κ3) is 3.62. The molecule has 114 valence electrons. The van der Waals surface area contributed by atoms with Crippen molar-refractivity contribution in [1.82, 2.24) is 4.72 Å². The fourth-order valence-corrected chi connectivity index (χ4v) is 2.83. The zero-order valence-electron chi connectivity index (χ0n) is 12.5. The maximum absolute atomic E-state index is 12.2. The van der Waals surface area contributed by atoms with Gasteiger partial charge in [0.1, 0.15) is 0 Å². The molecule has 0 spiro atoms. The highest BCUT2D eigenvalue weighted by Gasteiger charge is 2.19. The van der Waals surface area contributed by atoms with Crippen LogP contribution < -0.4 is 4.72 Å². The molecule has 1 N–H and O–H groups in total. The van der Waals surface area contributed by atoms with E-state index in [1.165, 1.54) is 12.1 Å². The summed E-state index contributed by atoms with van der Waals surface area (Å²) >= 11 is 0. The van der Waals surface area contributed by atoms with Crippen LogP contribution in [0.25, 0.3) is 5.57 Å². The molecule has 1 amide bonds. The van der Waals surface area contributed by atoms with Crippen molar-refractivity contribution in [2.75, 3.05) is 0 Å². The predicted molar refractivity (Wildman–Crippen MR) is 86.7 cm³/mol. The lowest BCUT2D eigenvalue weighted by Crippen LogP contribution is -2.31. The van der Waals surface area contributed by atoms with Crippen molar-refractivity contribution < 1.29 is 13.2 Å². The van der Waals surface area contributed by atoms with Crippen LogP contribution in [0.2, 0.25) is 0 Å². The van der Waals surface area contributed by atoms with Gasteiger partial charge in [-0.15, -0.1) is 0 Å². The van der Waals surface area contributed by atoms with Crippen LogP contribution in [0.3, 0.4) is 0 Å². The van der Waals surface area contributed by atoms with Crippen molar-refractivity contribution in [3.8, 4) is 0 Å². The van der Waals surface area contributed by atoms with E-state index < -0.39 is 15.9 Å². The van der Waals surface area contributed by atoms with Crippen LogP contribution in [0.4, 0.5) is 0 Å². The van der Waals surface area contributed by atoms with E-state index in [1.54, 1.807) is 24.3 Å². The van der Waals surface area contributed by atoms with Crippen molar-refractivity contribution in [3.63, 3.8) is 0 Å². The average molecular weight is 315 g/mol. The molecule has 0 saturated carbocycles. The highest BCUT2D eigenvalue weighted by Crippen LogP contribution is 2.15. The molecule has 2 aromatic carbocycles. The number of carbonyl (C=O) groups excluding carboxylic acids is 1. The van der Waals surface area contributed by atoms with E-state index in [-0.39, 0.29) is 10.5 Å². The lowest BCUT2D eigenvalue weighted by Gasteiger charge is -2.09. The first-order chi connectivity index (χ1) is 10.3. The Bertz CT molecular complexity index is 804. The second kappa shape index (κ2) is 6.15. The number of rotatable bonds is 4. The Hall–Kier alpha value is -2.40. The molecule has 0 bridgehead atoms. The molecule has 2 rings (SSSR count). The van der Waals surface area contributed by atoms with Crippen molar-refractivity contribution in [1.29, 1.82) is 0 Å². The fourth-order valence-electron chi connectivity index (χ4n) is 1.85. The number of hydrogen-bond acceptors (Lipinski definition) is 3. The standard InChI is InChI=1S/C17H17NO3S/c1-12-4-8-15(9-5-12)14(3)17(19)18-22(20,21)16-10-6-13(2)7-11-16/h4-11H,3H2,1-2H3,(H,18,19). The molecule has 0 heterocycles. The average Bonchev–Trinajstić information content (AvgIpc) is 2.47. The van der Waals surface area contributed by atoms with Crippen molar-refractivity contribution in [2.24, 2.45) is 0 Å². The summed E-state index contributed by atoms with van der Waals surface area (Å²) in [7, 11) is -3.90. The summed E-state index contributed by atoms with van der Waals surface area (Å²) in [5.74, 6) is -0.732. The van der Waals surface area contributed by atoms with Crippen molar-refractivity contribution >= 4 is 21.5 Å². The topological polar surface area (TPSA) is 63.2 Å². The Morgan fingerprint density at radius 2 is 1.36 bits per heavy atom. The monoisotopic (exact) mass is 315 g/mol. The smallest absolute Gasteiger partial charge is 0.265 e. The zero-order chi connectivity index (χ0) is 16.3. The van der Waals surface area contributed by atoms with Gasteiger partial charge in [-0.2, -0.15) is 0 Å². The highest BCUT2D eigenvalue weighted by atomic mass is 32.2. The van der Waals surface area contributed by atoms with Crippen LogP contribution in [0.5, 0.6) is 0 Å². The number of aryl methyl sites for hydroxylation is 2. The van der Waals surface area contributed by atoms with Gasteiger partial charge in [0.15, 0.2) is 0 Å². The van der Waals surface area contributed by atoms with Crippen LogP contribution in [0, 0.1) is 13.8 Å². The Labute approximate surface area is 130 Å². The molecule has 0 aromatic heterocycles. The Morgan fingerprint density at radius 3 is 1.86 bits per heavy atom. The molecule has 0 saturated heterocycles. The molecule has 0 unspecified atom stereocenters. The van der Waals surface area contributed by atoms with Crippen LogP contribution in [-0.2, 0) is 14.8 Å². The summed E-state index contributed by atoms with van der Waals surface area (Å²) in [6, 6.07) is 13.4. The number of nitrogens with one attached hydrogen (secondary N) is 1. The molecule has 22 heavy (non-hydrogen) atoms. The van der Waals surface area contributed by atoms with Gasteiger partial charge in [0, 0.05) is 5.57 Å². The third-order valence-corrected chi connectivity index (χ3v) is 4.58. The van der Waals surface area contributed by atoms with Gasteiger partial charge in [-0.05, 0) is 31.5 Å². The first kappa shape index (κ1) is 16.0. The highest BCUT2D eigenvalue weighted by molar-refractivity contribution is 7.90. The van der Waals surface area contributed by atoms with E-state index in [0.717, 1.165) is 11.1 Å². The molecule has 4 nitrogen and oxygen atoms in total. The second-order valence-electron chi connectivity index (χ2n) is 5.09. The minimum absolute atomic E-state index is 0.0446. The summed E-state index contributed by atoms with van der Waals surface area (Å²) in [6.07, 6.45) is 0. The molecule has 0 fully saturated rings. The number of hydrogen-bond donors (Lipinski definition) is 1. The van der Waals surface area contributed by atoms with E-state index >= 15 is 0 Å². The molecular formula is C17H17NO3S. The maximum atomic E-state index is 12.2. The maximum Gasteiger partial charge on any atom is 0.265 e. The summed E-state index contributed by atoms with van der Waals surface area (Å²) in [6.45, 7) is 7.45. The molecular weight excluding hydrogens is 298 g/mol. The summed E-state index contributed by atoms with van der Waals surface area (Å²) in [4.78, 5) is 12.1. The summed E-state index contributed by atoms with van der Waals surface area (Å²) in [5.41, 5.74) is 2.68. The number of benzene rings is 2. The zero-order valence-corrected chi connectivity index (χ0v) is 13.3. The second-order valence-corrected chi connectivity index (χ2v) is 6.77. The van der Waals surface area contributed by atoms with E-state index in [9.17, 15) is 13.2 Å². The van der Waals surface area contributed by atoms with Gasteiger partial charge in [-0.25, -0.2) is 13.1 Å². The normalized spacial score (nSPS) is 11.0. The minimum Gasteiger partial charge on any atom is -0.268 e.